The summed E-state index contributed by atoms with van der Waals surface area (Å²) in [6, 6.07) is 0.156. The maximum Gasteiger partial charge on any atom is 0.226 e. The predicted molar refractivity (Wildman–Crippen MR) is 53.2 cm³/mol. The molecule has 0 radical (unpaired) electrons. The van der Waals surface area contributed by atoms with Gasteiger partial charge in [-0.2, -0.15) is 0 Å². The lowest BCUT2D eigenvalue weighted by Crippen LogP contribution is -2.41. The molecular formula is C10H20N2O. The van der Waals surface area contributed by atoms with Crippen molar-refractivity contribution < 1.29 is 4.79 Å². The van der Waals surface area contributed by atoms with Crippen LogP contribution in [0.15, 0.2) is 0 Å². The van der Waals surface area contributed by atoms with E-state index in [0.29, 0.717) is 6.54 Å². The van der Waals surface area contributed by atoms with E-state index in [2.05, 4.69) is 13.8 Å². The highest BCUT2D eigenvalue weighted by Gasteiger charge is 2.51. The fourth-order valence-electron chi connectivity index (χ4n) is 1.51. The number of rotatable bonds is 3. The lowest BCUT2D eigenvalue weighted by Gasteiger charge is -2.24. The Balaban J connectivity index is 2.50. The topological polar surface area (TPSA) is 46.3 Å². The number of hydrogen-bond donors (Lipinski definition) is 1. The monoisotopic (exact) mass is 184 g/mol. The summed E-state index contributed by atoms with van der Waals surface area (Å²) in [5.41, 5.74) is 5.73. The third-order valence-corrected chi connectivity index (χ3v) is 3.16. The van der Waals surface area contributed by atoms with Crippen LogP contribution in [0.1, 0.15) is 27.2 Å². The van der Waals surface area contributed by atoms with Gasteiger partial charge in [-0.25, -0.2) is 0 Å². The van der Waals surface area contributed by atoms with Crippen molar-refractivity contribution in [2.75, 3.05) is 13.6 Å². The summed E-state index contributed by atoms with van der Waals surface area (Å²) in [6.07, 6.45) is 1.02. The van der Waals surface area contributed by atoms with Crippen LogP contribution in [0.25, 0.3) is 0 Å². The van der Waals surface area contributed by atoms with Gasteiger partial charge in [0.2, 0.25) is 5.91 Å². The quantitative estimate of drug-likeness (QED) is 0.706. The molecule has 2 atom stereocenters. The number of likely N-dealkylation sites (N-methyl/N-ethyl adjacent to an activating group) is 1. The van der Waals surface area contributed by atoms with E-state index in [1.807, 2.05) is 14.0 Å². The minimum Gasteiger partial charge on any atom is -0.342 e. The molecule has 0 aromatic heterocycles. The molecule has 1 aliphatic carbocycles. The van der Waals surface area contributed by atoms with Gasteiger partial charge in [0.15, 0.2) is 0 Å². The molecule has 0 aromatic carbocycles. The number of nitrogens with two attached hydrogens (primary N) is 1. The van der Waals surface area contributed by atoms with Crippen molar-refractivity contribution in [3.05, 3.63) is 0 Å². The van der Waals surface area contributed by atoms with Crippen LogP contribution in [0.2, 0.25) is 0 Å². The first-order valence-electron chi connectivity index (χ1n) is 4.87. The van der Waals surface area contributed by atoms with Crippen molar-refractivity contribution in [3.63, 3.8) is 0 Å². The van der Waals surface area contributed by atoms with Gasteiger partial charge in [0.1, 0.15) is 0 Å². The van der Waals surface area contributed by atoms with E-state index in [4.69, 9.17) is 5.73 Å². The zero-order chi connectivity index (χ0) is 10.2. The Hall–Kier alpha value is -0.570. The Kier molecular flexibility index (Phi) is 2.66. The summed E-state index contributed by atoms with van der Waals surface area (Å²) < 4.78 is 0. The molecule has 76 valence electrons. The molecule has 0 aromatic rings. The molecule has 13 heavy (non-hydrogen) atoms. The summed E-state index contributed by atoms with van der Waals surface area (Å²) in [4.78, 5) is 13.6. The molecular weight excluding hydrogens is 164 g/mol. The molecule has 1 saturated carbocycles. The van der Waals surface area contributed by atoms with Gasteiger partial charge >= 0.3 is 0 Å². The zero-order valence-electron chi connectivity index (χ0n) is 9.00. The molecule has 1 fully saturated rings. The van der Waals surface area contributed by atoms with E-state index in [1.165, 1.54) is 0 Å². The number of hydrogen-bond acceptors (Lipinski definition) is 2. The van der Waals surface area contributed by atoms with Crippen molar-refractivity contribution >= 4 is 5.91 Å². The van der Waals surface area contributed by atoms with Gasteiger partial charge in [-0.15, -0.1) is 0 Å². The molecule has 3 nitrogen and oxygen atoms in total. The molecule has 2 unspecified atom stereocenters. The van der Waals surface area contributed by atoms with Gasteiger partial charge in [-0.05, 0) is 18.8 Å². The van der Waals surface area contributed by atoms with Crippen LogP contribution in [-0.2, 0) is 4.79 Å². The molecule has 0 spiro atoms. The number of nitrogens with zero attached hydrogens (tertiary/aromatic N) is 1. The third kappa shape index (κ3) is 2.02. The van der Waals surface area contributed by atoms with Gasteiger partial charge in [-0.3, -0.25) is 4.79 Å². The number of amides is 1. The molecule has 1 amide bonds. The first-order valence-corrected chi connectivity index (χ1v) is 4.87. The van der Waals surface area contributed by atoms with E-state index in [0.717, 1.165) is 6.42 Å². The lowest BCUT2D eigenvalue weighted by atomic mass is 10.1. The minimum absolute atomic E-state index is 0.156. The van der Waals surface area contributed by atoms with Crippen LogP contribution in [-0.4, -0.2) is 30.4 Å². The molecule has 0 heterocycles. The molecule has 3 heteroatoms. The smallest absolute Gasteiger partial charge is 0.226 e. The predicted octanol–water partition coefficient (Wildman–Crippen LogP) is 0.838. The summed E-state index contributed by atoms with van der Waals surface area (Å²) in [7, 11) is 1.84. The van der Waals surface area contributed by atoms with Crippen molar-refractivity contribution in [3.8, 4) is 0 Å². The lowest BCUT2D eigenvalue weighted by molar-refractivity contribution is -0.133. The average molecular weight is 184 g/mol. The van der Waals surface area contributed by atoms with Crippen molar-refractivity contribution in [2.45, 2.75) is 33.2 Å². The number of carbonyl (C=O) groups excluding carboxylic acids is 1. The van der Waals surface area contributed by atoms with Crippen LogP contribution in [0, 0.1) is 11.3 Å². The van der Waals surface area contributed by atoms with Crippen LogP contribution in [0.3, 0.4) is 0 Å². The zero-order valence-corrected chi connectivity index (χ0v) is 9.00. The highest BCUT2D eigenvalue weighted by molar-refractivity contribution is 5.82. The normalized spacial score (nSPS) is 26.7. The van der Waals surface area contributed by atoms with Crippen LogP contribution < -0.4 is 5.73 Å². The molecule has 1 aliphatic rings. The summed E-state index contributed by atoms with van der Waals surface area (Å²) in [5.74, 6) is 0.481. The van der Waals surface area contributed by atoms with Crippen molar-refractivity contribution in [1.29, 1.82) is 0 Å². The van der Waals surface area contributed by atoms with E-state index in [1.54, 1.807) is 4.90 Å². The van der Waals surface area contributed by atoms with Crippen LogP contribution in [0.5, 0.6) is 0 Å². The minimum atomic E-state index is 0.156. The first kappa shape index (κ1) is 10.5. The number of carbonyl (C=O) groups is 1. The van der Waals surface area contributed by atoms with E-state index < -0.39 is 0 Å². The van der Waals surface area contributed by atoms with E-state index >= 15 is 0 Å². The fourth-order valence-corrected chi connectivity index (χ4v) is 1.51. The van der Waals surface area contributed by atoms with Crippen molar-refractivity contribution in [2.24, 2.45) is 17.1 Å². The maximum absolute atomic E-state index is 11.8. The molecule has 1 rings (SSSR count). The second-order valence-electron chi connectivity index (χ2n) is 4.78. The average Bonchev–Trinajstić information content (AvgIpc) is 2.71. The highest BCUT2D eigenvalue weighted by atomic mass is 16.2. The largest absolute Gasteiger partial charge is 0.342 e. The van der Waals surface area contributed by atoms with Crippen molar-refractivity contribution in [1.82, 2.24) is 4.90 Å². The van der Waals surface area contributed by atoms with Gasteiger partial charge < -0.3 is 10.6 Å². The van der Waals surface area contributed by atoms with Crippen LogP contribution in [0.4, 0.5) is 0 Å². The standard InChI is InChI=1S/C10H20N2O/c1-7(6-11)12(4)9(13)8-5-10(8,2)3/h7-8H,5-6,11H2,1-4H3. The van der Waals surface area contributed by atoms with E-state index in [-0.39, 0.29) is 23.3 Å². The Morgan fingerprint density at radius 1 is 1.69 bits per heavy atom. The summed E-state index contributed by atoms with van der Waals surface area (Å²) >= 11 is 0. The van der Waals surface area contributed by atoms with Gasteiger partial charge in [0.05, 0.1) is 0 Å². The van der Waals surface area contributed by atoms with Gasteiger partial charge in [-0.1, -0.05) is 13.8 Å². The molecule has 0 aliphatic heterocycles. The summed E-state index contributed by atoms with van der Waals surface area (Å²) in [6.45, 7) is 6.79. The summed E-state index contributed by atoms with van der Waals surface area (Å²) in [5, 5.41) is 0. The van der Waals surface area contributed by atoms with Gasteiger partial charge in [0.25, 0.3) is 0 Å². The Morgan fingerprint density at radius 2 is 2.15 bits per heavy atom. The Morgan fingerprint density at radius 3 is 2.46 bits per heavy atom. The first-order chi connectivity index (χ1) is 5.90. The highest BCUT2D eigenvalue weighted by Crippen LogP contribution is 2.52. The fraction of sp³-hybridized carbons (Fsp3) is 0.900. The molecule has 0 saturated heterocycles. The molecule has 0 bridgehead atoms. The second kappa shape index (κ2) is 3.29. The third-order valence-electron chi connectivity index (χ3n) is 3.16. The maximum atomic E-state index is 11.8. The van der Waals surface area contributed by atoms with Crippen LogP contribution >= 0.6 is 0 Å². The van der Waals surface area contributed by atoms with Gasteiger partial charge in [0, 0.05) is 25.6 Å². The Labute approximate surface area is 80.3 Å². The molecule has 2 N–H and O–H groups in total. The van der Waals surface area contributed by atoms with E-state index in [9.17, 15) is 4.79 Å². The SMILES string of the molecule is CC(CN)N(C)C(=O)C1CC1(C)C. The second-order valence-corrected chi connectivity index (χ2v) is 4.78. The Bertz CT molecular complexity index is 213.